The van der Waals surface area contributed by atoms with Crippen LogP contribution in [0.15, 0.2) is 30.6 Å². The van der Waals surface area contributed by atoms with Crippen LogP contribution in [-0.4, -0.2) is 10.2 Å². The molecule has 3 nitrogen and oxygen atoms in total. The molecule has 0 saturated heterocycles. The third-order valence-corrected chi connectivity index (χ3v) is 3.14. The van der Waals surface area contributed by atoms with Crippen molar-refractivity contribution in [3.05, 3.63) is 41.7 Å². The quantitative estimate of drug-likeness (QED) is 0.835. The van der Waals surface area contributed by atoms with Crippen molar-refractivity contribution >= 4 is 11.4 Å². The molecule has 1 aromatic carbocycles. The van der Waals surface area contributed by atoms with E-state index in [4.69, 9.17) is 0 Å². The topological polar surface area (TPSA) is 40.7 Å². The fourth-order valence-electron chi connectivity index (χ4n) is 2.16. The van der Waals surface area contributed by atoms with E-state index in [1.807, 2.05) is 6.20 Å². The van der Waals surface area contributed by atoms with Crippen LogP contribution in [0.25, 0.3) is 0 Å². The van der Waals surface area contributed by atoms with Crippen LogP contribution >= 0.6 is 0 Å². The highest BCUT2D eigenvalue weighted by Gasteiger charge is 2.13. The third kappa shape index (κ3) is 2.55. The molecule has 0 aliphatic carbocycles. The molecule has 1 aromatic heterocycles. The molecule has 96 valence electrons. The van der Waals surface area contributed by atoms with E-state index in [2.05, 4.69) is 61.4 Å². The zero-order chi connectivity index (χ0) is 13.1. The first-order valence-electron chi connectivity index (χ1n) is 6.48. The molecule has 2 rings (SSSR count). The van der Waals surface area contributed by atoms with E-state index in [-0.39, 0.29) is 0 Å². The van der Waals surface area contributed by atoms with Crippen molar-refractivity contribution in [2.75, 3.05) is 5.32 Å². The van der Waals surface area contributed by atoms with Gasteiger partial charge in [-0.25, -0.2) is 0 Å². The first-order chi connectivity index (χ1) is 8.59. The number of para-hydroxylation sites is 1. The first-order valence-corrected chi connectivity index (χ1v) is 6.48. The lowest BCUT2D eigenvalue weighted by atomic mass is 9.92. The number of hydrogen-bond acceptors (Lipinski definition) is 2. The second kappa shape index (κ2) is 5.25. The molecule has 3 heteroatoms. The Balaban J connectivity index is 2.46. The average molecular weight is 243 g/mol. The number of nitrogens with zero attached hydrogens (tertiary/aromatic N) is 1. The van der Waals surface area contributed by atoms with Gasteiger partial charge in [-0.1, -0.05) is 45.9 Å². The van der Waals surface area contributed by atoms with E-state index < -0.39 is 0 Å². The summed E-state index contributed by atoms with van der Waals surface area (Å²) in [4.78, 5) is 0. The van der Waals surface area contributed by atoms with E-state index >= 15 is 0 Å². The first kappa shape index (κ1) is 12.7. The van der Waals surface area contributed by atoms with Gasteiger partial charge in [-0.2, -0.15) is 5.10 Å². The van der Waals surface area contributed by atoms with E-state index in [0.29, 0.717) is 11.8 Å². The molecule has 1 heterocycles. The molecule has 0 spiro atoms. The predicted molar refractivity (Wildman–Crippen MR) is 76.5 cm³/mol. The zero-order valence-electron chi connectivity index (χ0n) is 11.5. The maximum atomic E-state index is 3.98. The lowest BCUT2D eigenvalue weighted by molar-refractivity contribution is 0.838. The molecule has 0 aliphatic rings. The Hall–Kier alpha value is -1.77. The van der Waals surface area contributed by atoms with Crippen LogP contribution in [0.4, 0.5) is 11.4 Å². The van der Waals surface area contributed by atoms with Gasteiger partial charge in [0.15, 0.2) is 0 Å². The van der Waals surface area contributed by atoms with Crippen molar-refractivity contribution in [2.24, 2.45) is 0 Å². The summed E-state index contributed by atoms with van der Waals surface area (Å²) < 4.78 is 0. The number of H-pyrrole nitrogens is 1. The van der Waals surface area contributed by atoms with Crippen LogP contribution < -0.4 is 5.32 Å². The molecule has 0 saturated carbocycles. The number of nitrogens with one attached hydrogen (secondary N) is 2. The average Bonchev–Trinajstić information content (AvgIpc) is 2.81. The van der Waals surface area contributed by atoms with Crippen LogP contribution in [0.1, 0.15) is 50.7 Å². The van der Waals surface area contributed by atoms with Crippen molar-refractivity contribution in [3.8, 4) is 0 Å². The third-order valence-electron chi connectivity index (χ3n) is 3.14. The van der Waals surface area contributed by atoms with Gasteiger partial charge in [-0.3, -0.25) is 5.10 Å². The Morgan fingerprint density at radius 1 is 1.06 bits per heavy atom. The largest absolute Gasteiger partial charge is 0.353 e. The minimum absolute atomic E-state index is 0.498. The number of aromatic amines is 1. The van der Waals surface area contributed by atoms with Crippen LogP contribution in [0, 0.1) is 0 Å². The molecule has 18 heavy (non-hydrogen) atoms. The molecular formula is C15H21N3. The minimum atomic E-state index is 0.498. The molecule has 0 fully saturated rings. The highest BCUT2D eigenvalue weighted by Crippen LogP contribution is 2.34. The predicted octanol–water partition coefficient (Wildman–Crippen LogP) is 4.40. The SMILES string of the molecule is CC(C)c1cccc(C(C)C)c1Nc1cn[nH]c1. The maximum absolute atomic E-state index is 3.98. The van der Waals surface area contributed by atoms with Crippen LogP contribution in [-0.2, 0) is 0 Å². The van der Waals surface area contributed by atoms with Gasteiger partial charge in [0.25, 0.3) is 0 Å². The Morgan fingerprint density at radius 3 is 2.11 bits per heavy atom. The standard InChI is InChI=1S/C15H21N3/c1-10(2)13-6-5-7-14(11(3)4)15(13)18-12-8-16-17-9-12/h5-11,18H,1-4H3,(H,16,17). The van der Waals surface area contributed by atoms with E-state index in [1.54, 1.807) is 6.20 Å². The number of aromatic nitrogens is 2. The van der Waals surface area contributed by atoms with Gasteiger partial charge in [-0.15, -0.1) is 0 Å². The molecule has 0 radical (unpaired) electrons. The van der Waals surface area contributed by atoms with Crippen LogP contribution in [0.2, 0.25) is 0 Å². The Labute approximate surface area is 109 Å². The van der Waals surface area contributed by atoms with Crippen molar-refractivity contribution in [1.82, 2.24) is 10.2 Å². The highest BCUT2D eigenvalue weighted by molar-refractivity contribution is 5.67. The Bertz CT molecular complexity index is 472. The summed E-state index contributed by atoms with van der Waals surface area (Å²) in [5.74, 6) is 0.996. The Morgan fingerprint density at radius 2 is 1.67 bits per heavy atom. The number of anilines is 2. The van der Waals surface area contributed by atoms with Gasteiger partial charge < -0.3 is 5.32 Å². The van der Waals surface area contributed by atoms with Gasteiger partial charge >= 0.3 is 0 Å². The summed E-state index contributed by atoms with van der Waals surface area (Å²) >= 11 is 0. The monoisotopic (exact) mass is 243 g/mol. The van der Waals surface area contributed by atoms with E-state index in [0.717, 1.165) is 5.69 Å². The smallest absolute Gasteiger partial charge is 0.0767 e. The van der Waals surface area contributed by atoms with Crippen molar-refractivity contribution in [2.45, 2.75) is 39.5 Å². The summed E-state index contributed by atoms with van der Waals surface area (Å²) in [6.45, 7) is 8.89. The fourth-order valence-corrected chi connectivity index (χ4v) is 2.16. The molecule has 0 atom stereocenters. The van der Waals surface area contributed by atoms with E-state index in [9.17, 15) is 0 Å². The van der Waals surface area contributed by atoms with Crippen molar-refractivity contribution < 1.29 is 0 Å². The molecule has 0 bridgehead atoms. The lowest BCUT2D eigenvalue weighted by Crippen LogP contribution is -2.03. The van der Waals surface area contributed by atoms with Gasteiger partial charge in [0.2, 0.25) is 0 Å². The summed E-state index contributed by atoms with van der Waals surface area (Å²) in [5, 5.41) is 10.3. The lowest BCUT2D eigenvalue weighted by Gasteiger charge is -2.20. The zero-order valence-corrected chi connectivity index (χ0v) is 11.5. The highest BCUT2D eigenvalue weighted by atomic mass is 15.1. The molecule has 0 aliphatic heterocycles. The number of rotatable bonds is 4. The Kier molecular flexibility index (Phi) is 3.70. The molecule has 2 aromatic rings. The fraction of sp³-hybridized carbons (Fsp3) is 0.400. The summed E-state index contributed by atoms with van der Waals surface area (Å²) in [7, 11) is 0. The molecule has 0 unspecified atom stereocenters. The van der Waals surface area contributed by atoms with Crippen molar-refractivity contribution in [1.29, 1.82) is 0 Å². The summed E-state index contributed by atoms with van der Waals surface area (Å²) in [6.07, 6.45) is 3.68. The van der Waals surface area contributed by atoms with Crippen LogP contribution in [0.5, 0.6) is 0 Å². The van der Waals surface area contributed by atoms with Crippen molar-refractivity contribution in [3.63, 3.8) is 0 Å². The van der Waals surface area contributed by atoms with Gasteiger partial charge in [0.05, 0.1) is 11.9 Å². The normalized spacial score (nSPS) is 11.2. The second-order valence-electron chi connectivity index (χ2n) is 5.23. The second-order valence-corrected chi connectivity index (χ2v) is 5.23. The van der Waals surface area contributed by atoms with E-state index in [1.165, 1.54) is 16.8 Å². The minimum Gasteiger partial charge on any atom is -0.353 e. The molecular weight excluding hydrogens is 222 g/mol. The summed E-state index contributed by atoms with van der Waals surface area (Å²) in [6, 6.07) is 6.53. The number of benzene rings is 1. The van der Waals surface area contributed by atoms with Gasteiger partial charge in [0.1, 0.15) is 0 Å². The molecule has 0 amide bonds. The number of hydrogen-bond donors (Lipinski definition) is 2. The maximum Gasteiger partial charge on any atom is 0.0767 e. The molecule has 2 N–H and O–H groups in total. The van der Waals surface area contributed by atoms with Crippen LogP contribution in [0.3, 0.4) is 0 Å². The van der Waals surface area contributed by atoms with Gasteiger partial charge in [0, 0.05) is 11.9 Å². The van der Waals surface area contributed by atoms with Gasteiger partial charge in [-0.05, 0) is 23.0 Å². The summed E-state index contributed by atoms with van der Waals surface area (Å²) in [5.41, 5.74) is 4.93.